The Kier molecular flexibility index (Phi) is 5.21. The van der Waals surface area contributed by atoms with E-state index in [9.17, 15) is 18.3 Å². The molecule has 7 nitrogen and oxygen atoms in total. The molecule has 0 spiro atoms. The summed E-state index contributed by atoms with van der Waals surface area (Å²) in [5.74, 6) is -1.56. The third kappa shape index (κ3) is 2.57. The fourth-order valence-corrected chi connectivity index (χ4v) is 3.48. The van der Waals surface area contributed by atoms with E-state index in [1.807, 2.05) is 0 Å². The molecule has 2 rings (SSSR count). The van der Waals surface area contributed by atoms with Crippen LogP contribution in [-0.4, -0.2) is 35.2 Å². The van der Waals surface area contributed by atoms with E-state index in [-0.39, 0.29) is 19.0 Å². The maximum atomic E-state index is 12.4. The van der Waals surface area contributed by atoms with Gasteiger partial charge in [0.2, 0.25) is 0 Å². The van der Waals surface area contributed by atoms with Gasteiger partial charge in [-0.05, 0) is 31.2 Å². The summed E-state index contributed by atoms with van der Waals surface area (Å²) in [5.41, 5.74) is 0. The van der Waals surface area contributed by atoms with Crippen LogP contribution in [0.1, 0.15) is 6.92 Å². The highest BCUT2D eigenvalue weighted by Crippen LogP contribution is 2.29. The Morgan fingerprint density at radius 1 is 1.10 bits per heavy atom. The molecular formula is C12H15ClN2O5S. The highest BCUT2D eigenvalue weighted by molar-refractivity contribution is 7.88. The van der Waals surface area contributed by atoms with Gasteiger partial charge in [-0.1, -0.05) is 0 Å². The van der Waals surface area contributed by atoms with E-state index in [0.29, 0.717) is 0 Å². The largest absolute Gasteiger partial charge is 0.477 e. The van der Waals surface area contributed by atoms with Crippen molar-refractivity contribution < 1.29 is 22.5 Å². The standard InChI is InChI=1S/C12H14N2O5S.ClH/c1-2-19-20(17,18)12(11(15)16,13-7-3-4-8-13)14-9-5-6-10-14;/h3-10H,2H2,1H3,(H,15,16);1H. The Bertz CT molecular complexity index is 645. The second-order valence-electron chi connectivity index (χ2n) is 3.95. The van der Waals surface area contributed by atoms with Gasteiger partial charge in [-0.15, -0.1) is 12.4 Å². The summed E-state index contributed by atoms with van der Waals surface area (Å²) >= 11 is 0. The summed E-state index contributed by atoms with van der Waals surface area (Å²) in [6.45, 7) is 1.33. The number of carboxylic acids is 1. The van der Waals surface area contributed by atoms with E-state index in [1.54, 1.807) is 24.3 Å². The molecule has 1 N–H and O–H groups in total. The van der Waals surface area contributed by atoms with Crippen molar-refractivity contribution >= 4 is 28.5 Å². The molecule has 2 heterocycles. The first-order valence-electron chi connectivity index (χ1n) is 5.86. The van der Waals surface area contributed by atoms with Crippen molar-refractivity contribution in [2.24, 2.45) is 0 Å². The van der Waals surface area contributed by atoms with Crippen LogP contribution in [-0.2, 0) is 24.1 Å². The van der Waals surface area contributed by atoms with Gasteiger partial charge in [0.25, 0.3) is 0 Å². The lowest BCUT2D eigenvalue weighted by Gasteiger charge is -2.31. The normalized spacial score (nSPS) is 11.9. The molecule has 21 heavy (non-hydrogen) atoms. The predicted molar refractivity (Wildman–Crippen MR) is 77.7 cm³/mol. The molecule has 0 fully saturated rings. The average Bonchev–Trinajstić information content (AvgIpc) is 3.01. The fourth-order valence-electron chi connectivity index (χ4n) is 2.03. The highest BCUT2D eigenvalue weighted by Gasteiger charge is 2.55. The molecule has 0 radical (unpaired) electrons. The average molecular weight is 335 g/mol. The quantitative estimate of drug-likeness (QED) is 0.805. The molecule has 0 aromatic carbocycles. The highest BCUT2D eigenvalue weighted by atomic mass is 35.5. The van der Waals surface area contributed by atoms with Crippen LogP contribution in [0.4, 0.5) is 0 Å². The molecule has 9 heteroatoms. The van der Waals surface area contributed by atoms with Crippen LogP contribution in [0.25, 0.3) is 0 Å². The van der Waals surface area contributed by atoms with Crippen molar-refractivity contribution in [1.82, 2.24) is 9.13 Å². The van der Waals surface area contributed by atoms with Crippen LogP contribution in [0.15, 0.2) is 49.1 Å². The number of halogens is 1. The van der Waals surface area contributed by atoms with Gasteiger partial charge in [-0.25, -0.2) is 4.79 Å². The number of nitrogens with zero attached hydrogens (tertiary/aromatic N) is 2. The molecule has 0 aliphatic rings. The summed E-state index contributed by atoms with van der Waals surface area (Å²) in [7, 11) is -4.45. The molecule has 2 aromatic heterocycles. The van der Waals surface area contributed by atoms with Gasteiger partial charge >= 0.3 is 21.1 Å². The topological polar surface area (TPSA) is 90.5 Å². The van der Waals surface area contributed by atoms with E-state index in [2.05, 4.69) is 0 Å². The second kappa shape index (κ2) is 6.33. The monoisotopic (exact) mass is 334 g/mol. The molecule has 0 aliphatic heterocycles. The lowest BCUT2D eigenvalue weighted by Crippen LogP contribution is -2.54. The minimum Gasteiger partial charge on any atom is -0.477 e. The van der Waals surface area contributed by atoms with Crippen LogP contribution < -0.4 is 0 Å². The SMILES string of the molecule is CCOS(=O)(=O)C(C(=O)O)(n1cccc1)n1cccc1.Cl. The Labute approximate surface area is 128 Å². The lowest BCUT2D eigenvalue weighted by atomic mass is 10.4. The number of carboxylic acid groups (broad SMARTS) is 1. The number of hydrogen-bond acceptors (Lipinski definition) is 4. The van der Waals surface area contributed by atoms with Crippen molar-refractivity contribution in [3.63, 3.8) is 0 Å². The Balaban J connectivity index is 0.00000220. The van der Waals surface area contributed by atoms with Gasteiger partial charge in [-0.3, -0.25) is 4.18 Å². The minimum absolute atomic E-state index is 0. The molecule has 0 amide bonds. The number of aromatic nitrogens is 2. The number of hydrogen-bond donors (Lipinski definition) is 1. The van der Waals surface area contributed by atoms with Crippen molar-refractivity contribution in [3.05, 3.63) is 49.1 Å². The lowest BCUT2D eigenvalue weighted by molar-refractivity contribution is -0.144. The molecule has 0 saturated heterocycles. The summed E-state index contributed by atoms with van der Waals surface area (Å²) in [6, 6.07) is 6.18. The van der Waals surface area contributed by atoms with Gasteiger partial charge < -0.3 is 14.2 Å². The summed E-state index contributed by atoms with van der Waals surface area (Å²) < 4.78 is 31.8. The van der Waals surface area contributed by atoms with E-state index in [1.165, 1.54) is 31.7 Å². The third-order valence-corrected chi connectivity index (χ3v) is 4.65. The van der Waals surface area contributed by atoms with E-state index in [0.717, 1.165) is 9.13 Å². The van der Waals surface area contributed by atoms with Crippen LogP contribution in [0, 0.1) is 0 Å². The molecule has 0 bridgehead atoms. The maximum Gasteiger partial charge on any atom is 0.370 e. The van der Waals surface area contributed by atoms with Crippen LogP contribution >= 0.6 is 12.4 Å². The summed E-state index contributed by atoms with van der Waals surface area (Å²) in [4.78, 5) is 9.43. The molecule has 2 aromatic rings. The zero-order valence-corrected chi connectivity index (χ0v) is 12.8. The van der Waals surface area contributed by atoms with Crippen LogP contribution in [0.3, 0.4) is 0 Å². The van der Waals surface area contributed by atoms with Gasteiger partial charge in [0.1, 0.15) is 0 Å². The van der Waals surface area contributed by atoms with E-state index >= 15 is 0 Å². The Morgan fingerprint density at radius 3 is 1.76 bits per heavy atom. The molecule has 0 saturated carbocycles. The number of carbonyl (C=O) groups is 1. The fraction of sp³-hybridized carbons (Fsp3) is 0.250. The molecule has 116 valence electrons. The smallest absolute Gasteiger partial charge is 0.370 e. The van der Waals surface area contributed by atoms with Gasteiger partial charge in [0, 0.05) is 24.8 Å². The predicted octanol–water partition coefficient (Wildman–Crippen LogP) is 1.32. The van der Waals surface area contributed by atoms with Crippen molar-refractivity contribution in [1.29, 1.82) is 0 Å². The van der Waals surface area contributed by atoms with Gasteiger partial charge in [-0.2, -0.15) is 8.42 Å². The number of rotatable bonds is 6. The van der Waals surface area contributed by atoms with Crippen molar-refractivity contribution in [2.45, 2.75) is 11.9 Å². The Hall–Kier alpha value is -1.77. The van der Waals surface area contributed by atoms with Crippen LogP contribution in [0.2, 0.25) is 0 Å². The van der Waals surface area contributed by atoms with Gasteiger partial charge in [0.15, 0.2) is 0 Å². The molecule has 0 aliphatic carbocycles. The first kappa shape index (κ1) is 17.3. The van der Waals surface area contributed by atoms with E-state index in [4.69, 9.17) is 4.18 Å². The summed E-state index contributed by atoms with van der Waals surface area (Å²) in [5, 5.41) is 9.63. The third-order valence-electron chi connectivity index (χ3n) is 2.81. The van der Waals surface area contributed by atoms with Gasteiger partial charge in [0.05, 0.1) is 6.61 Å². The minimum atomic E-state index is -4.45. The molecular weight excluding hydrogens is 320 g/mol. The second-order valence-corrected chi connectivity index (χ2v) is 5.67. The van der Waals surface area contributed by atoms with Crippen molar-refractivity contribution in [3.8, 4) is 0 Å². The van der Waals surface area contributed by atoms with E-state index < -0.39 is 21.1 Å². The number of aliphatic carboxylic acids is 1. The molecule has 0 atom stereocenters. The zero-order valence-electron chi connectivity index (χ0n) is 11.1. The first-order chi connectivity index (χ1) is 9.46. The zero-order chi connectivity index (χ0) is 14.8. The first-order valence-corrected chi connectivity index (χ1v) is 7.27. The van der Waals surface area contributed by atoms with Crippen LogP contribution in [0.5, 0.6) is 0 Å². The molecule has 0 unspecified atom stereocenters. The Morgan fingerprint density at radius 2 is 1.48 bits per heavy atom. The van der Waals surface area contributed by atoms with Crippen molar-refractivity contribution in [2.75, 3.05) is 6.61 Å². The summed E-state index contributed by atoms with van der Waals surface area (Å²) in [6.07, 6.45) is 5.46. The maximum absolute atomic E-state index is 12.4.